The van der Waals surface area contributed by atoms with Crippen LogP contribution in [-0.4, -0.2) is 40.7 Å². The number of nitrogens with one attached hydrogen (secondary N) is 1. The van der Waals surface area contributed by atoms with E-state index in [4.69, 9.17) is 4.52 Å². The van der Waals surface area contributed by atoms with E-state index in [1.165, 1.54) is 32.1 Å². The van der Waals surface area contributed by atoms with E-state index in [-0.39, 0.29) is 0 Å². The second-order valence-electron chi connectivity index (χ2n) is 6.36. The average Bonchev–Trinajstić information content (AvgIpc) is 3.10. The van der Waals surface area contributed by atoms with Crippen LogP contribution >= 0.6 is 0 Å². The molecule has 2 bridgehead atoms. The summed E-state index contributed by atoms with van der Waals surface area (Å²) in [5, 5.41) is 7.68. The smallest absolute Gasteiger partial charge is 0.243 e. The zero-order valence-electron chi connectivity index (χ0n) is 11.5. The molecule has 0 aromatic carbocycles. The Labute approximate surface area is 113 Å². The summed E-state index contributed by atoms with van der Waals surface area (Å²) in [5.74, 6) is 2.26. The molecule has 104 valence electrons. The Bertz CT molecular complexity index is 440. The quantitative estimate of drug-likeness (QED) is 0.881. The van der Waals surface area contributed by atoms with E-state index < -0.39 is 0 Å². The van der Waals surface area contributed by atoms with Gasteiger partial charge in [0.2, 0.25) is 5.89 Å². The van der Waals surface area contributed by atoms with Gasteiger partial charge in [-0.3, -0.25) is 0 Å². The molecule has 2 unspecified atom stereocenters. The summed E-state index contributed by atoms with van der Waals surface area (Å²) in [7, 11) is 2.27. The van der Waals surface area contributed by atoms with Crippen LogP contribution in [0.15, 0.2) is 4.52 Å². The number of hydrogen-bond donors (Lipinski definition) is 1. The molecule has 0 radical (unpaired) electrons. The summed E-state index contributed by atoms with van der Waals surface area (Å²) < 4.78 is 5.48. The maximum atomic E-state index is 5.48. The van der Waals surface area contributed by atoms with Crippen LogP contribution in [0.25, 0.3) is 0 Å². The highest BCUT2D eigenvalue weighted by Gasteiger charge is 2.40. The average molecular weight is 262 g/mol. The highest BCUT2D eigenvalue weighted by molar-refractivity contribution is 5.06. The summed E-state index contributed by atoms with van der Waals surface area (Å²) in [6.07, 6.45) is 7.41. The molecule has 4 rings (SSSR count). The first kappa shape index (κ1) is 11.9. The largest absolute Gasteiger partial charge is 0.338 e. The predicted molar refractivity (Wildman–Crippen MR) is 70.8 cm³/mol. The molecule has 5 nitrogen and oxygen atoms in total. The number of piperidine rings is 1. The summed E-state index contributed by atoms with van der Waals surface area (Å²) in [5.41, 5.74) is 0. The van der Waals surface area contributed by atoms with E-state index >= 15 is 0 Å². The molecule has 0 spiro atoms. The first-order valence-corrected chi connectivity index (χ1v) is 7.60. The van der Waals surface area contributed by atoms with E-state index in [0.717, 1.165) is 36.8 Å². The zero-order valence-corrected chi connectivity index (χ0v) is 11.5. The molecular formula is C14H22N4O. The fourth-order valence-corrected chi connectivity index (χ4v) is 4.07. The van der Waals surface area contributed by atoms with Gasteiger partial charge in [0, 0.05) is 18.0 Å². The topological polar surface area (TPSA) is 54.2 Å². The first-order valence-electron chi connectivity index (χ1n) is 7.60. The van der Waals surface area contributed by atoms with E-state index in [2.05, 4.69) is 27.4 Å². The minimum atomic E-state index is 0.296. The van der Waals surface area contributed by atoms with Gasteiger partial charge < -0.3 is 14.7 Å². The van der Waals surface area contributed by atoms with E-state index in [1.54, 1.807) is 0 Å². The summed E-state index contributed by atoms with van der Waals surface area (Å²) >= 11 is 0. The van der Waals surface area contributed by atoms with Crippen LogP contribution in [0.1, 0.15) is 62.2 Å². The van der Waals surface area contributed by atoms with Crippen LogP contribution in [0.2, 0.25) is 0 Å². The van der Waals surface area contributed by atoms with Crippen LogP contribution in [0.5, 0.6) is 0 Å². The van der Waals surface area contributed by atoms with Gasteiger partial charge in [0.1, 0.15) is 0 Å². The van der Waals surface area contributed by atoms with Crippen molar-refractivity contribution in [2.75, 3.05) is 13.6 Å². The number of rotatable bonds is 2. The van der Waals surface area contributed by atoms with Crippen molar-refractivity contribution in [3.63, 3.8) is 0 Å². The van der Waals surface area contributed by atoms with Crippen LogP contribution < -0.4 is 5.32 Å². The second kappa shape index (κ2) is 4.56. The first-order chi connectivity index (χ1) is 9.31. The van der Waals surface area contributed by atoms with Crippen molar-refractivity contribution in [3.8, 4) is 0 Å². The minimum absolute atomic E-state index is 0.296. The summed E-state index contributed by atoms with van der Waals surface area (Å²) in [6, 6.07) is 1.76. The van der Waals surface area contributed by atoms with Crippen molar-refractivity contribution in [2.45, 2.75) is 62.6 Å². The Morgan fingerprint density at radius 1 is 1.21 bits per heavy atom. The van der Waals surface area contributed by atoms with Crippen molar-refractivity contribution in [1.82, 2.24) is 20.4 Å². The number of aromatic nitrogens is 2. The fourth-order valence-electron chi connectivity index (χ4n) is 4.07. The third-order valence-corrected chi connectivity index (χ3v) is 5.28. The lowest BCUT2D eigenvalue weighted by Gasteiger charge is -2.34. The van der Waals surface area contributed by atoms with Gasteiger partial charge in [0.15, 0.2) is 5.82 Å². The van der Waals surface area contributed by atoms with Gasteiger partial charge in [-0.05, 0) is 52.1 Å². The molecule has 4 heterocycles. The molecule has 3 aliphatic heterocycles. The molecule has 3 fully saturated rings. The SMILES string of the molecule is CN1C2CCC1CC(c1noc([C@@H]3CCCN3)n1)C2. The molecule has 0 amide bonds. The highest BCUT2D eigenvalue weighted by atomic mass is 16.5. The molecule has 1 N–H and O–H groups in total. The molecular weight excluding hydrogens is 240 g/mol. The second-order valence-corrected chi connectivity index (χ2v) is 6.36. The van der Waals surface area contributed by atoms with Crippen molar-refractivity contribution in [2.24, 2.45) is 0 Å². The monoisotopic (exact) mass is 262 g/mol. The summed E-state index contributed by atoms with van der Waals surface area (Å²) in [6.45, 7) is 1.07. The van der Waals surface area contributed by atoms with Gasteiger partial charge in [-0.25, -0.2) is 0 Å². The Hall–Kier alpha value is -0.940. The highest BCUT2D eigenvalue weighted by Crippen LogP contribution is 2.41. The molecule has 1 aromatic heterocycles. The Balaban J connectivity index is 1.50. The third-order valence-electron chi connectivity index (χ3n) is 5.28. The van der Waals surface area contributed by atoms with Crippen LogP contribution in [0.3, 0.4) is 0 Å². The molecule has 3 atom stereocenters. The van der Waals surface area contributed by atoms with Crippen LogP contribution in [-0.2, 0) is 0 Å². The number of nitrogens with zero attached hydrogens (tertiary/aromatic N) is 3. The van der Waals surface area contributed by atoms with Crippen molar-refractivity contribution in [3.05, 3.63) is 11.7 Å². The van der Waals surface area contributed by atoms with Crippen molar-refractivity contribution < 1.29 is 4.52 Å². The Kier molecular flexibility index (Phi) is 2.84. The zero-order chi connectivity index (χ0) is 12.8. The normalized spacial score (nSPS) is 39.0. The number of fused-ring (bicyclic) bond motifs is 2. The molecule has 1 aromatic rings. The lowest BCUT2D eigenvalue weighted by molar-refractivity contribution is 0.157. The Morgan fingerprint density at radius 3 is 2.68 bits per heavy atom. The standard InChI is InChI=1S/C14H22N4O/c1-18-10-4-5-11(18)8-9(7-10)13-16-14(19-17-13)12-3-2-6-15-12/h9-12,15H,2-8H2,1H3/t9?,10?,11?,12-/m0/s1. The van der Waals surface area contributed by atoms with Crippen LogP contribution in [0, 0.1) is 0 Å². The lowest BCUT2D eigenvalue weighted by Crippen LogP contribution is -2.39. The van der Waals surface area contributed by atoms with E-state index in [0.29, 0.717) is 12.0 Å². The molecule has 3 aliphatic rings. The van der Waals surface area contributed by atoms with Gasteiger partial charge in [-0.1, -0.05) is 5.16 Å². The van der Waals surface area contributed by atoms with Gasteiger partial charge >= 0.3 is 0 Å². The fraction of sp³-hybridized carbons (Fsp3) is 0.857. The third kappa shape index (κ3) is 1.99. The molecule has 0 aliphatic carbocycles. The van der Waals surface area contributed by atoms with Crippen LogP contribution in [0.4, 0.5) is 0 Å². The number of hydrogen-bond acceptors (Lipinski definition) is 5. The predicted octanol–water partition coefficient (Wildman–Crippen LogP) is 1.83. The minimum Gasteiger partial charge on any atom is -0.338 e. The van der Waals surface area contributed by atoms with Crippen molar-refractivity contribution in [1.29, 1.82) is 0 Å². The van der Waals surface area contributed by atoms with Gasteiger partial charge in [-0.2, -0.15) is 4.98 Å². The molecule has 0 saturated carbocycles. The summed E-state index contributed by atoms with van der Waals surface area (Å²) in [4.78, 5) is 7.23. The maximum Gasteiger partial charge on any atom is 0.243 e. The van der Waals surface area contributed by atoms with Crippen molar-refractivity contribution >= 4 is 0 Å². The van der Waals surface area contributed by atoms with Gasteiger partial charge in [0.05, 0.1) is 6.04 Å². The molecule has 19 heavy (non-hydrogen) atoms. The molecule has 5 heteroatoms. The molecule has 3 saturated heterocycles. The Morgan fingerprint density at radius 2 is 2.00 bits per heavy atom. The van der Waals surface area contributed by atoms with E-state index in [9.17, 15) is 0 Å². The van der Waals surface area contributed by atoms with Gasteiger partial charge in [-0.15, -0.1) is 0 Å². The van der Waals surface area contributed by atoms with Gasteiger partial charge in [0.25, 0.3) is 0 Å². The maximum absolute atomic E-state index is 5.48. The lowest BCUT2D eigenvalue weighted by atomic mass is 9.90. The van der Waals surface area contributed by atoms with E-state index in [1.807, 2.05) is 0 Å².